The lowest BCUT2D eigenvalue weighted by Gasteiger charge is -2.08. The second-order valence-electron chi connectivity index (χ2n) is 5.56. The van der Waals surface area contributed by atoms with E-state index in [-0.39, 0.29) is 5.91 Å². The molecule has 2 heterocycles. The molecule has 2 aromatic heterocycles. The number of hydrogen-bond acceptors (Lipinski definition) is 6. The maximum absolute atomic E-state index is 12.2. The predicted octanol–water partition coefficient (Wildman–Crippen LogP) is 2.66. The summed E-state index contributed by atoms with van der Waals surface area (Å²) in [5, 5.41) is 5.89. The van der Waals surface area contributed by atoms with E-state index in [1.807, 2.05) is 24.3 Å². The Labute approximate surface area is 151 Å². The zero-order valence-electron chi connectivity index (χ0n) is 14.4. The summed E-state index contributed by atoms with van der Waals surface area (Å²) in [5.41, 5.74) is 1.44. The number of nitrogens with one attached hydrogen (secondary N) is 2. The van der Waals surface area contributed by atoms with Gasteiger partial charge in [-0.3, -0.25) is 4.79 Å². The highest BCUT2D eigenvalue weighted by Crippen LogP contribution is 2.13. The molecule has 0 bridgehead atoms. The molecule has 0 atom stereocenters. The Bertz CT molecular complexity index is 850. The molecule has 7 nitrogen and oxygen atoms in total. The van der Waals surface area contributed by atoms with Crippen LogP contribution in [0.5, 0.6) is 5.75 Å². The Morgan fingerprint density at radius 2 is 2.15 bits per heavy atom. The highest BCUT2D eigenvalue weighted by atomic mass is 16.5. The molecule has 2 N–H and O–H groups in total. The molecule has 26 heavy (non-hydrogen) atoms. The van der Waals surface area contributed by atoms with Gasteiger partial charge in [-0.15, -0.1) is 0 Å². The molecule has 0 saturated heterocycles. The van der Waals surface area contributed by atoms with E-state index in [9.17, 15) is 4.79 Å². The Hall–Kier alpha value is -3.35. The number of aromatic nitrogens is 2. The lowest BCUT2D eigenvalue weighted by Crippen LogP contribution is -2.24. The van der Waals surface area contributed by atoms with Crippen LogP contribution in [0.1, 0.15) is 21.8 Å². The summed E-state index contributed by atoms with van der Waals surface area (Å²) in [6, 6.07) is 13.0. The van der Waals surface area contributed by atoms with Crippen LogP contribution in [0.2, 0.25) is 0 Å². The van der Waals surface area contributed by atoms with Crippen molar-refractivity contribution in [2.45, 2.75) is 13.0 Å². The first-order valence-corrected chi connectivity index (χ1v) is 8.25. The van der Waals surface area contributed by atoms with Gasteiger partial charge in [0.25, 0.3) is 5.91 Å². The van der Waals surface area contributed by atoms with E-state index < -0.39 is 0 Å². The van der Waals surface area contributed by atoms with Gasteiger partial charge in [-0.1, -0.05) is 12.1 Å². The monoisotopic (exact) mass is 352 g/mol. The van der Waals surface area contributed by atoms with Crippen molar-refractivity contribution in [2.24, 2.45) is 0 Å². The number of methoxy groups -OCH3 is 1. The first kappa shape index (κ1) is 17.5. The fraction of sp³-hybridized carbons (Fsp3) is 0.211. The summed E-state index contributed by atoms with van der Waals surface area (Å²) < 4.78 is 10.4. The van der Waals surface area contributed by atoms with Gasteiger partial charge in [0.2, 0.25) is 5.95 Å². The maximum atomic E-state index is 12.2. The van der Waals surface area contributed by atoms with Gasteiger partial charge in [0.1, 0.15) is 17.2 Å². The Morgan fingerprint density at radius 1 is 1.23 bits per heavy atom. The van der Waals surface area contributed by atoms with Crippen LogP contribution in [0.25, 0.3) is 0 Å². The Balaban J connectivity index is 1.52. The molecule has 1 aromatic carbocycles. The average Bonchev–Trinajstić information content (AvgIpc) is 3.20. The molecular weight excluding hydrogens is 332 g/mol. The molecule has 3 aromatic rings. The first-order chi connectivity index (χ1) is 12.7. The van der Waals surface area contributed by atoms with Crippen molar-refractivity contribution in [1.29, 1.82) is 0 Å². The van der Waals surface area contributed by atoms with Crippen LogP contribution in [-0.4, -0.2) is 29.5 Å². The highest BCUT2D eigenvalue weighted by molar-refractivity contribution is 5.92. The van der Waals surface area contributed by atoms with Gasteiger partial charge in [-0.2, -0.15) is 0 Å². The summed E-state index contributed by atoms with van der Waals surface area (Å²) in [7, 11) is 1.65. The molecule has 0 aliphatic heterocycles. The van der Waals surface area contributed by atoms with Crippen molar-refractivity contribution in [1.82, 2.24) is 15.3 Å². The maximum Gasteiger partial charge on any atom is 0.270 e. The van der Waals surface area contributed by atoms with Crippen molar-refractivity contribution in [3.05, 3.63) is 71.9 Å². The van der Waals surface area contributed by atoms with Gasteiger partial charge < -0.3 is 19.8 Å². The smallest absolute Gasteiger partial charge is 0.270 e. The minimum Gasteiger partial charge on any atom is -0.497 e. The molecule has 0 aliphatic rings. The van der Waals surface area contributed by atoms with E-state index in [2.05, 4.69) is 20.6 Å². The summed E-state index contributed by atoms with van der Waals surface area (Å²) in [5.74, 6) is 1.65. The van der Waals surface area contributed by atoms with Crippen LogP contribution in [0, 0.1) is 0 Å². The number of furan rings is 1. The average molecular weight is 352 g/mol. The molecule has 0 spiro atoms. The van der Waals surface area contributed by atoms with Crippen LogP contribution in [0.15, 0.2) is 59.3 Å². The fourth-order valence-electron chi connectivity index (χ4n) is 2.39. The van der Waals surface area contributed by atoms with E-state index in [1.54, 1.807) is 37.8 Å². The minimum absolute atomic E-state index is 0.278. The summed E-state index contributed by atoms with van der Waals surface area (Å²) >= 11 is 0. The van der Waals surface area contributed by atoms with Crippen molar-refractivity contribution in [3.63, 3.8) is 0 Å². The number of rotatable bonds is 8. The van der Waals surface area contributed by atoms with Crippen LogP contribution < -0.4 is 15.4 Å². The number of benzene rings is 1. The van der Waals surface area contributed by atoms with Crippen molar-refractivity contribution < 1.29 is 13.9 Å². The second kappa shape index (κ2) is 8.66. The van der Waals surface area contributed by atoms with E-state index in [4.69, 9.17) is 9.15 Å². The third kappa shape index (κ3) is 4.83. The van der Waals surface area contributed by atoms with E-state index in [0.717, 1.165) is 17.7 Å². The lowest BCUT2D eigenvalue weighted by molar-refractivity contribution is 0.0943. The molecule has 0 fully saturated rings. The Morgan fingerprint density at radius 3 is 2.96 bits per heavy atom. The molecule has 0 radical (unpaired) electrons. The van der Waals surface area contributed by atoms with E-state index in [0.29, 0.717) is 30.5 Å². The SMILES string of the molecule is COc1cccc(CCNc2nccc(C(=O)NCc3ccco3)n2)c1. The predicted molar refractivity (Wildman–Crippen MR) is 97.1 cm³/mol. The molecule has 134 valence electrons. The van der Waals surface area contributed by atoms with E-state index >= 15 is 0 Å². The third-order valence-electron chi connectivity index (χ3n) is 3.72. The zero-order valence-corrected chi connectivity index (χ0v) is 14.4. The van der Waals surface area contributed by atoms with Crippen LogP contribution in [0.3, 0.4) is 0 Å². The topological polar surface area (TPSA) is 89.3 Å². The number of anilines is 1. The quantitative estimate of drug-likeness (QED) is 0.648. The number of amides is 1. The normalized spacial score (nSPS) is 10.3. The second-order valence-corrected chi connectivity index (χ2v) is 5.56. The van der Waals surface area contributed by atoms with Gasteiger partial charge in [-0.25, -0.2) is 9.97 Å². The van der Waals surface area contributed by atoms with Gasteiger partial charge in [0.05, 0.1) is 19.9 Å². The number of nitrogens with zero attached hydrogens (tertiary/aromatic N) is 2. The van der Waals surface area contributed by atoms with Gasteiger partial charge in [0, 0.05) is 12.7 Å². The van der Waals surface area contributed by atoms with Gasteiger partial charge in [-0.05, 0) is 42.3 Å². The minimum atomic E-state index is -0.278. The van der Waals surface area contributed by atoms with Crippen LogP contribution in [0.4, 0.5) is 5.95 Å². The third-order valence-corrected chi connectivity index (χ3v) is 3.72. The van der Waals surface area contributed by atoms with Gasteiger partial charge in [0.15, 0.2) is 0 Å². The fourth-order valence-corrected chi connectivity index (χ4v) is 2.39. The van der Waals surface area contributed by atoms with Crippen molar-refractivity contribution in [3.8, 4) is 5.75 Å². The highest BCUT2D eigenvalue weighted by Gasteiger charge is 2.09. The van der Waals surface area contributed by atoms with Crippen LogP contribution in [-0.2, 0) is 13.0 Å². The summed E-state index contributed by atoms with van der Waals surface area (Å²) in [6.07, 6.45) is 3.91. The standard InChI is InChI=1S/C19H20N4O3/c1-25-15-5-2-4-14(12-15)7-9-20-19-21-10-8-17(23-19)18(24)22-13-16-6-3-11-26-16/h2-6,8,10-12H,7,9,13H2,1H3,(H,22,24)(H,20,21,23). The molecule has 0 saturated carbocycles. The van der Waals surface area contributed by atoms with Gasteiger partial charge >= 0.3 is 0 Å². The van der Waals surface area contributed by atoms with E-state index in [1.165, 1.54) is 0 Å². The lowest BCUT2D eigenvalue weighted by atomic mass is 10.1. The molecule has 1 amide bonds. The number of ether oxygens (including phenoxy) is 1. The largest absolute Gasteiger partial charge is 0.497 e. The summed E-state index contributed by atoms with van der Waals surface area (Å²) in [6.45, 7) is 0.957. The molecule has 0 aliphatic carbocycles. The number of carbonyl (C=O) groups is 1. The summed E-state index contributed by atoms with van der Waals surface area (Å²) in [4.78, 5) is 20.6. The zero-order chi connectivity index (χ0) is 18.2. The van der Waals surface area contributed by atoms with Crippen molar-refractivity contribution >= 4 is 11.9 Å². The molecular formula is C19H20N4O3. The number of carbonyl (C=O) groups excluding carboxylic acids is 1. The molecule has 7 heteroatoms. The molecule has 0 unspecified atom stereocenters. The van der Waals surface area contributed by atoms with Crippen LogP contribution >= 0.6 is 0 Å². The van der Waals surface area contributed by atoms with Crippen molar-refractivity contribution in [2.75, 3.05) is 19.0 Å². The Kier molecular flexibility index (Phi) is 5.82. The number of hydrogen-bond donors (Lipinski definition) is 2. The molecule has 3 rings (SSSR count). The first-order valence-electron chi connectivity index (χ1n) is 8.25.